The molecule has 1 amide bonds. The highest BCUT2D eigenvalue weighted by Gasteiger charge is 2.38. The lowest BCUT2D eigenvalue weighted by Crippen LogP contribution is -2.29. The van der Waals surface area contributed by atoms with E-state index in [0.29, 0.717) is 15.5 Å². The first kappa shape index (κ1) is 13.5. The van der Waals surface area contributed by atoms with Crippen LogP contribution in [0.5, 0.6) is 0 Å². The van der Waals surface area contributed by atoms with Gasteiger partial charge in [-0.3, -0.25) is 4.79 Å². The van der Waals surface area contributed by atoms with E-state index in [-0.39, 0.29) is 5.69 Å². The molecule has 0 radical (unpaired) electrons. The van der Waals surface area contributed by atoms with Gasteiger partial charge in [-0.25, -0.2) is 0 Å². The molecule has 1 aromatic carbocycles. The van der Waals surface area contributed by atoms with Crippen LogP contribution in [-0.2, 0) is 4.79 Å². The number of rotatable bonds is 2. The minimum atomic E-state index is -4.93. The van der Waals surface area contributed by atoms with Crippen molar-refractivity contribution in [1.82, 2.24) is 19.8 Å². The Bertz CT molecular complexity index is 781. The highest BCUT2D eigenvalue weighted by molar-refractivity contribution is 7.19. The van der Waals surface area contributed by atoms with Gasteiger partial charge in [-0.1, -0.05) is 23.5 Å². The Morgan fingerprint density at radius 2 is 2.14 bits per heavy atom. The Kier molecular flexibility index (Phi) is 3.09. The number of alkyl halides is 3. The first-order valence-electron chi connectivity index (χ1n) is 5.59. The lowest BCUT2D eigenvalue weighted by Gasteiger charge is -2.08. The van der Waals surface area contributed by atoms with E-state index in [1.165, 1.54) is 40.4 Å². The van der Waals surface area contributed by atoms with Gasteiger partial charge in [-0.05, 0) is 12.1 Å². The van der Waals surface area contributed by atoms with Crippen molar-refractivity contribution in [3.05, 3.63) is 30.6 Å². The second-order valence-corrected chi connectivity index (χ2v) is 4.95. The molecule has 108 valence electrons. The third-order valence-electron chi connectivity index (χ3n) is 2.51. The molecule has 2 aromatic heterocycles. The van der Waals surface area contributed by atoms with Crippen LogP contribution in [0, 0.1) is 0 Å². The van der Waals surface area contributed by atoms with Crippen LogP contribution in [0.4, 0.5) is 18.9 Å². The van der Waals surface area contributed by atoms with Gasteiger partial charge in [0.05, 0.1) is 0 Å². The van der Waals surface area contributed by atoms with Crippen molar-refractivity contribution in [2.45, 2.75) is 6.18 Å². The third kappa shape index (κ3) is 2.70. The van der Waals surface area contributed by atoms with Gasteiger partial charge in [0, 0.05) is 11.3 Å². The molecule has 3 aromatic rings. The lowest BCUT2D eigenvalue weighted by molar-refractivity contribution is -0.167. The van der Waals surface area contributed by atoms with Crippen LogP contribution >= 0.6 is 11.3 Å². The molecule has 0 bridgehead atoms. The van der Waals surface area contributed by atoms with E-state index in [9.17, 15) is 18.0 Å². The minimum Gasteiger partial charge on any atom is -0.318 e. The molecule has 21 heavy (non-hydrogen) atoms. The number of anilines is 1. The summed E-state index contributed by atoms with van der Waals surface area (Å²) in [5.74, 6) is -2.02. The Hall–Kier alpha value is -2.49. The van der Waals surface area contributed by atoms with Crippen LogP contribution < -0.4 is 5.32 Å². The standard InChI is InChI=1S/C11H6F3N5OS/c12-11(13,14)9(20)16-7-3-1-2-6(4-7)8-18-19-5-15-17-10(19)21-8/h1-5H,(H,16,20). The van der Waals surface area contributed by atoms with Crippen molar-refractivity contribution in [2.24, 2.45) is 0 Å². The summed E-state index contributed by atoms with van der Waals surface area (Å²) in [6, 6.07) is 5.99. The Balaban J connectivity index is 1.89. The summed E-state index contributed by atoms with van der Waals surface area (Å²) in [5, 5.41) is 14.0. The van der Waals surface area contributed by atoms with Crippen molar-refractivity contribution in [2.75, 3.05) is 5.32 Å². The molecule has 2 heterocycles. The predicted octanol–water partition coefficient (Wildman–Crippen LogP) is 2.35. The monoisotopic (exact) mass is 313 g/mol. The molecule has 3 rings (SSSR count). The molecule has 0 fully saturated rings. The number of halogens is 3. The molecule has 0 aliphatic heterocycles. The fraction of sp³-hybridized carbons (Fsp3) is 0.0909. The highest BCUT2D eigenvalue weighted by atomic mass is 32.1. The van der Waals surface area contributed by atoms with E-state index in [4.69, 9.17) is 0 Å². The number of aromatic nitrogens is 4. The van der Waals surface area contributed by atoms with E-state index in [1.54, 1.807) is 11.4 Å². The summed E-state index contributed by atoms with van der Waals surface area (Å²) in [6.45, 7) is 0. The van der Waals surface area contributed by atoms with Gasteiger partial charge in [-0.15, -0.1) is 10.2 Å². The maximum absolute atomic E-state index is 12.2. The van der Waals surface area contributed by atoms with Crippen molar-refractivity contribution in [3.63, 3.8) is 0 Å². The van der Waals surface area contributed by atoms with Gasteiger partial charge in [0.2, 0.25) is 4.96 Å². The van der Waals surface area contributed by atoms with Crippen molar-refractivity contribution >= 4 is 27.9 Å². The minimum absolute atomic E-state index is 0.0424. The molecule has 0 aliphatic carbocycles. The molecule has 0 saturated carbocycles. The molecule has 6 nitrogen and oxygen atoms in total. The number of amides is 1. The molecule has 0 aliphatic rings. The van der Waals surface area contributed by atoms with Crippen molar-refractivity contribution in [3.8, 4) is 10.6 Å². The normalized spacial score (nSPS) is 11.8. The summed E-state index contributed by atoms with van der Waals surface area (Å²) in [6.07, 6.45) is -3.51. The second-order valence-electron chi connectivity index (χ2n) is 4.00. The molecule has 0 unspecified atom stereocenters. The van der Waals surface area contributed by atoms with Gasteiger partial charge in [0.15, 0.2) is 0 Å². The summed E-state index contributed by atoms with van der Waals surface area (Å²) in [4.78, 5) is 11.5. The van der Waals surface area contributed by atoms with Crippen LogP contribution in [0.15, 0.2) is 30.6 Å². The van der Waals surface area contributed by atoms with Gasteiger partial charge < -0.3 is 5.32 Å². The quantitative estimate of drug-likeness (QED) is 0.788. The molecule has 1 N–H and O–H groups in total. The highest BCUT2D eigenvalue weighted by Crippen LogP contribution is 2.27. The Morgan fingerprint density at radius 1 is 1.33 bits per heavy atom. The maximum atomic E-state index is 12.2. The van der Waals surface area contributed by atoms with Crippen LogP contribution in [0.25, 0.3) is 15.5 Å². The number of carbonyl (C=O) groups excluding carboxylic acids is 1. The molecule has 0 spiro atoms. The van der Waals surface area contributed by atoms with Crippen LogP contribution in [0.1, 0.15) is 0 Å². The average Bonchev–Trinajstić information content (AvgIpc) is 2.98. The van der Waals surface area contributed by atoms with Crippen LogP contribution in [0.3, 0.4) is 0 Å². The topological polar surface area (TPSA) is 72.2 Å². The van der Waals surface area contributed by atoms with Crippen molar-refractivity contribution < 1.29 is 18.0 Å². The van der Waals surface area contributed by atoms with Crippen molar-refractivity contribution in [1.29, 1.82) is 0 Å². The zero-order valence-electron chi connectivity index (χ0n) is 10.1. The number of benzene rings is 1. The largest absolute Gasteiger partial charge is 0.471 e. The Labute approximate surface area is 119 Å². The maximum Gasteiger partial charge on any atom is 0.471 e. The number of nitrogens with zero attached hydrogens (tertiary/aromatic N) is 4. The lowest BCUT2D eigenvalue weighted by atomic mass is 10.2. The van der Waals surface area contributed by atoms with Gasteiger partial charge in [0.25, 0.3) is 0 Å². The summed E-state index contributed by atoms with van der Waals surface area (Å²) in [5.41, 5.74) is 0.617. The van der Waals surface area contributed by atoms with E-state index < -0.39 is 12.1 Å². The first-order valence-corrected chi connectivity index (χ1v) is 6.40. The van der Waals surface area contributed by atoms with Gasteiger partial charge in [-0.2, -0.15) is 22.8 Å². The fourth-order valence-corrected chi connectivity index (χ4v) is 2.42. The van der Waals surface area contributed by atoms with Gasteiger partial charge in [0.1, 0.15) is 11.3 Å². The zero-order valence-corrected chi connectivity index (χ0v) is 10.9. The van der Waals surface area contributed by atoms with Crippen LogP contribution in [0.2, 0.25) is 0 Å². The SMILES string of the molecule is O=C(Nc1cccc(-c2nn3cnnc3s2)c1)C(F)(F)F. The van der Waals surface area contributed by atoms with E-state index in [1.807, 2.05) is 0 Å². The molecule has 10 heteroatoms. The fourth-order valence-electron chi connectivity index (χ4n) is 1.61. The van der Waals surface area contributed by atoms with E-state index in [2.05, 4.69) is 15.3 Å². The Morgan fingerprint density at radius 3 is 2.86 bits per heavy atom. The van der Waals surface area contributed by atoms with E-state index in [0.717, 1.165) is 0 Å². The van der Waals surface area contributed by atoms with Crippen LogP contribution in [-0.4, -0.2) is 31.9 Å². The molecule has 0 saturated heterocycles. The summed E-state index contributed by atoms with van der Waals surface area (Å²) >= 11 is 1.23. The molecular weight excluding hydrogens is 307 g/mol. The average molecular weight is 313 g/mol. The number of hydrogen-bond acceptors (Lipinski definition) is 5. The number of nitrogens with one attached hydrogen (secondary N) is 1. The third-order valence-corrected chi connectivity index (χ3v) is 3.47. The number of hydrogen-bond donors (Lipinski definition) is 1. The zero-order chi connectivity index (χ0) is 15.0. The summed E-state index contributed by atoms with van der Waals surface area (Å²) < 4.78 is 38.1. The second kappa shape index (κ2) is 4.81. The predicted molar refractivity (Wildman–Crippen MR) is 68.8 cm³/mol. The summed E-state index contributed by atoms with van der Waals surface area (Å²) in [7, 11) is 0. The number of fused-ring (bicyclic) bond motifs is 1. The molecular formula is C11H6F3N5OS. The van der Waals surface area contributed by atoms with E-state index >= 15 is 0 Å². The smallest absolute Gasteiger partial charge is 0.318 e. The van der Waals surface area contributed by atoms with Gasteiger partial charge >= 0.3 is 12.1 Å². The first-order chi connectivity index (χ1) is 9.93. The molecule has 0 atom stereocenters. The number of carbonyl (C=O) groups is 1.